The highest BCUT2D eigenvalue weighted by Gasteiger charge is 2.06. The number of hydrogen-bond donors (Lipinski definition) is 2. The molecule has 30 heavy (non-hydrogen) atoms. The van der Waals surface area contributed by atoms with E-state index in [-0.39, 0.29) is 12.5 Å². The number of amides is 1. The van der Waals surface area contributed by atoms with Gasteiger partial charge in [-0.3, -0.25) is 4.79 Å². The van der Waals surface area contributed by atoms with Crippen LogP contribution in [0, 0.1) is 6.92 Å². The first-order chi connectivity index (χ1) is 14.6. The molecular weight excluding hydrogens is 380 g/mol. The lowest BCUT2D eigenvalue weighted by Gasteiger charge is -2.08. The van der Waals surface area contributed by atoms with Gasteiger partial charge in [-0.1, -0.05) is 51.4 Å². The van der Waals surface area contributed by atoms with Crippen molar-refractivity contribution in [3.8, 4) is 5.75 Å². The summed E-state index contributed by atoms with van der Waals surface area (Å²) in [4.78, 5) is 23.5. The highest BCUT2D eigenvalue weighted by atomic mass is 16.5. The van der Waals surface area contributed by atoms with E-state index in [1.807, 2.05) is 13.0 Å². The third-order valence-corrected chi connectivity index (χ3v) is 5.25. The largest absolute Gasteiger partial charge is 0.484 e. The number of benzene rings is 1. The van der Waals surface area contributed by atoms with Gasteiger partial charge in [-0.2, -0.15) is 0 Å². The highest BCUT2D eigenvalue weighted by Crippen LogP contribution is 2.22. The molecule has 0 atom stereocenters. The number of unbranched alkanes of at least 4 members (excludes halogenated alkanes) is 9. The fourth-order valence-corrected chi connectivity index (χ4v) is 3.51. The maximum Gasteiger partial charge on any atom is 0.336 e. The van der Waals surface area contributed by atoms with Gasteiger partial charge in [0, 0.05) is 24.1 Å². The van der Waals surface area contributed by atoms with Crippen molar-refractivity contribution in [1.82, 2.24) is 5.32 Å². The average Bonchev–Trinajstić information content (AvgIpc) is 2.72. The number of ether oxygens (including phenoxy) is 1. The van der Waals surface area contributed by atoms with Crippen LogP contribution < -0.4 is 21.4 Å². The summed E-state index contributed by atoms with van der Waals surface area (Å²) in [5.41, 5.74) is 6.42. The molecule has 0 saturated carbocycles. The maximum absolute atomic E-state index is 12.0. The number of carbonyl (C=O) groups is 1. The van der Waals surface area contributed by atoms with E-state index in [4.69, 9.17) is 14.9 Å². The number of carbonyl (C=O) groups excluding carboxylic acids is 1. The van der Waals surface area contributed by atoms with Crippen LogP contribution >= 0.6 is 0 Å². The predicted octanol–water partition coefficient (Wildman–Crippen LogP) is 4.46. The average molecular weight is 417 g/mol. The molecule has 0 saturated heterocycles. The third-order valence-electron chi connectivity index (χ3n) is 5.25. The molecule has 0 aliphatic rings. The Morgan fingerprint density at radius 3 is 2.27 bits per heavy atom. The van der Waals surface area contributed by atoms with Gasteiger partial charge in [0.1, 0.15) is 11.3 Å². The summed E-state index contributed by atoms with van der Waals surface area (Å²) < 4.78 is 10.7. The number of hydrogen-bond acceptors (Lipinski definition) is 5. The standard InChI is InChI=1S/C24H36N2O4/c1-19-16-24(28)30-22-17-20(12-13-21(19)22)29-18-23(27)26-15-11-9-7-5-3-2-4-6-8-10-14-25/h12-13,16-17H,2-11,14-15,18,25H2,1H3,(H,26,27). The first kappa shape index (κ1) is 23.9. The zero-order chi connectivity index (χ0) is 21.6. The van der Waals surface area contributed by atoms with Gasteiger partial charge in [0.25, 0.3) is 5.91 Å². The summed E-state index contributed by atoms with van der Waals surface area (Å²) in [6, 6.07) is 6.72. The van der Waals surface area contributed by atoms with E-state index in [2.05, 4.69) is 5.32 Å². The molecule has 1 amide bonds. The monoisotopic (exact) mass is 416 g/mol. The van der Waals surface area contributed by atoms with Gasteiger partial charge in [0.15, 0.2) is 6.61 Å². The SMILES string of the molecule is Cc1cc(=O)oc2cc(OCC(=O)NCCCCCCCCCCCCN)ccc12. The summed E-state index contributed by atoms with van der Waals surface area (Å²) in [6.07, 6.45) is 12.3. The van der Waals surface area contributed by atoms with Gasteiger partial charge in [-0.05, 0) is 44.0 Å². The predicted molar refractivity (Wildman–Crippen MR) is 121 cm³/mol. The normalized spacial score (nSPS) is 11.0. The van der Waals surface area contributed by atoms with Gasteiger partial charge < -0.3 is 20.2 Å². The molecule has 0 radical (unpaired) electrons. The maximum atomic E-state index is 12.0. The second kappa shape index (κ2) is 13.8. The molecule has 1 heterocycles. The lowest BCUT2D eigenvalue weighted by atomic mass is 10.1. The number of nitrogens with two attached hydrogens (primary N) is 1. The van der Waals surface area contributed by atoms with Crippen LogP contribution in [0.4, 0.5) is 0 Å². The minimum Gasteiger partial charge on any atom is -0.484 e. The lowest BCUT2D eigenvalue weighted by Crippen LogP contribution is -2.29. The molecule has 2 aromatic rings. The van der Waals surface area contributed by atoms with E-state index in [1.165, 1.54) is 51.0 Å². The number of nitrogens with one attached hydrogen (secondary N) is 1. The molecule has 0 aliphatic carbocycles. The second-order valence-corrected chi connectivity index (χ2v) is 7.87. The molecule has 0 bridgehead atoms. The molecule has 1 aromatic heterocycles. The van der Waals surface area contributed by atoms with Crippen molar-refractivity contribution >= 4 is 16.9 Å². The van der Waals surface area contributed by atoms with Crippen LogP contribution in [0.3, 0.4) is 0 Å². The first-order valence-corrected chi connectivity index (χ1v) is 11.2. The van der Waals surface area contributed by atoms with Crippen molar-refractivity contribution in [3.05, 3.63) is 40.2 Å². The Morgan fingerprint density at radius 1 is 0.967 bits per heavy atom. The fraction of sp³-hybridized carbons (Fsp3) is 0.583. The van der Waals surface area contributed by atoms with Crippen LogP contribution in [-0.4, -0.2) is 25.6 Å². The molecule has 2 rings (SSSR count). The van der Waals surface area contributed by atoms with Crippen molar-refractivity contribution < 1.29 is 13.9 Å². The number of rotatable bonds is 15. The minimum atomic E-state index is -0.391. The highest BCUT2D eigenvalue weighted by molar-refractivity contribution is 5.81. The van der Waals surface area contributed by atoms with Crippen LogP contribution in [0.2, 0.25) is 0 Å². The van der Waals surface area contributed by atoms with Crippen molar-refractivity contribution in [2.45, 2.75) is 71.1 Å². The van der Waals surface area contributed by atoms with E-state index in [0.29, 0.717) is 17.9 Å². The molecule has 0 aliphatic heterocycles. The van der Waals surface area contributed by atoms with Crippen molar-refractivity contribution in [2.24, 2.45) is 5.73 Å². The van der Waals surface area contributed by atoms with Crippen LogP contribution in [0.5, 0.6) is 5.75 Å². The fourth-order valence-electron chi connectivity index (χ4n) is 3.51. The van der Waals surface area contributed by atoms with Gasteiger partial charge in [-0.15, -0.1) is 0 Å². The summed E-state index contributed by atoms with van der Waals surface area (Å²) in [5.74, 6) is 0.368. The van der Waals surface area contributed by atoms with Crippen LogP contribution in [0.15, 0.2) is 33.5 Å². The second-order valence-electron chi connectivity index (χ2n) is 7.87. The Balaban J connectivity index is 1.52. The Morgan fingerprint density at radius 2 is 1.60 bits per heavy atom. The number of fused-ring (bicyclic) bond motifs is 1. The zero-order valence-corrected chi connectivity index (χ0v) is 18.2. The topological polar surface area (TPSA) is 94.6 Å². The van der Waals surface area contributed by atoms with E-state index in [0.717, 1.165) is 36.8 Å². The van der Waals surface area contributed by atoms with E-state index >= 15 is 0 Å². The summed E-state index contributed by atoms with van der Waals surface area (Å²) in [7, 11) is 0. The Labute approximate surface area is 179 Å². The first-order valence-electron chi connectivity index (χ1n) is 11.2. The minimum absolute atomic E-state index is 0.0499. The quantitative estimate of drug-likeness (QED) is 0.330. The van der Waals surface area contributed by atoms with Gasteiger partial charge in [0.05, 0.1) is 0 Å². The van der Waals surface area contributed by atoms with Crippen molar-refractivity contribution in [2.75, 3.05) is 19.7 Å². The van der Waals surface area contributed by atoms with E-state index in [1.54, 1.807) is 12.1 Å². The van der Waals surface area contributed by atoms with Crippen molar-refractivity contribution in [3.63, 3.8) is 0 Å². The zero-order valence-electron chi connectivity index (χ0n) is 18.2. The molecule has 1 aromatic carbocycles. The van der Waals surface area contributed by atoms with E-state index < -0.39 is 5.63 Å². The molecule has 6 nitrogen and oxygen atoms in total. The van der Waals surface area contributed by atoms with Gasteiger partial charge in [0.2, 0.25) is 0 Å². The molecule has 0 fully saturated rings. The molecule has 3 N–H and O–H groups in total. The van der Waals surface area contributed by atoms with Crippen LogP contribution in [0.1, 0.15) is 69.8 Å². The smallest absolute Gasteiger partial charge is 0.336 e. The molecule has 6 heteroatoms. The Hall–Kier alpha value is -2.34. The van der Waals surface area contributed by atoms with Crippen molar-refractivity contribution in [1.29, 1.82) is 0 Å². The molecule has 0 unspecified atom stereocenters. The van der Waals surface area contributed by atoms with Gasteiger partial charge in [-0.25, -0.2) is 4.79 Å². The Kier molecular flexibility index (Phi) is 11.0. The Bertz CT molecular complexity index is 832. The molecular formula is C24H36N2O4. The number of aryl methyl sites for hydroxylation is 1. The van der Waals surface area contributed by atoms with Gasteiger partial charge >= 0.3 is 5.63 Å². The lowest BCUT2D eigenvalue weighted by molar-refractivity contribution is -0.123. The van der Waals surface area contributed by atoms with E-state index in [9.17, 15) is 9.59 Å². The molecule has 166 valence electrons. The summed E-state index contributed by atoms with van der Waals surface area (Å²) in [5, 5.41) is 3.75. The summed E-state index contributed by atoms with van der Waals surface area (Å²) in [6.45, 7) is 3.29. The summed E-state index contributed by atoms with van der Waals surface area (Å²) >= 11 is 0. The van der Waals surface area contributed by atoms with Crippen LogP contribution in [0.25, 0.3) is 11.0 Å². The van der Waals surface area contributed by atoms with Crippen LogP contribution in [-0.2, 0) is 4.79 Å². The molecule has 0 spiro atoms. The third kappa shape index (κ3) is 8.99.